The molecule has 2 rings (SSSR count). The fourth-order valence-electron chi connectivity index (χ4n) is 2.04. The van der Waals surface area contributed by atoms with E-state index in [0.717, 1.165) is 11.3 Å². The molecular formula is C14H16N4O4. The number of hydrogen-bond acceptors (Lipinski definition) is 5. The van der Waals surface area contributed by atoms with Crippen LogP contribution in [0.1, 0.15) is 27.2 Å². The molecule has 8 heteroatoms. The second-order valence-corrected chi connectivity index (χ2v) is 4.78. The molecular weight excluding hydrogens is 288 g/mol. The van der Waals surface area contributed by atoms with Crippen molar-refractivity contribution < 1.29 is 14.5 Å². The summed E-state index contributed by atoms with van der Waals surface area (Å²) in [5.41, 5.74) is 2.11. The van der Waals surface area contributed by atoms with Crippen LogP contribution in [0, 0.1) is 24.0 Å². The highest BCUT2D eigenvalue weighted by molar-refractivity contribution is 5.95. The second kappa shape index (κ2) is 6.25. The first-order valence-electron chi connectivity index (χ1n) is 6.54. The SMILES string of the molecule is COc1cc(C(=O)NCc2cn[nH]c2C)cc([N+](=O)[O-])c1C. The maximum atomic E-state index is 12.2. The summed E-state index contributed by atoms with van der Waals surface area (Å²) in [6, 6.07) is 2.73. The smallest absolute Gasteiger partial charge is 0.276 e. The van der Waals surface area contributed by atoms with E-state index < -0.39 is 10.8 Å². The first kappa shape index (κ1) is 15.5. The van der Waals surface area contributed by atoms with Crippen molar-refractivity contribution in [2.24, 2.45) is 0 Å². The van der Waals surface area contributed by atoms with Crippen LogP contribution in [0.15, 0.2) is 18.3 Å². The van der Waals surface area contributed by atoms with E-state index in [4.69, 9.17) is 4.74 Å². The van der Waals surface area contributed by atoms with Crippen LogP contribution in [0.4, 0.5) is 5.69 Å². The van der Waals surface area contributed by atoms with Crippen LogP contribution in [-0.4, -0.2) is 28.1 Å². The first-order valence-corrected chi connectivity index (χ1v) is 6.54. The van der Waals surface area contributed by atoms with Gasteiger partial charge in [0.25, 0.3) is 11.6 Å². The standard InChI is InChI=1S/C14H16N4O4/c1-8-12(18(20)21)4-10(5-13(8)22-3)14(19)15-6-11-7-16-17-9(11)2/h4-5,7H,6H2,1-3H3,(H,15,19)(H,16,17). The van der Waals surface area contributed by atoms with Gasteiger partial charge in [-0.2, -0.15) is 5.10 Å². The zero-order valence-corrected chi connectivity index (χ0v) is 12.5. The Morgan fingerprint density at radius 3 is 2.73 bits per heavy atom. The quantitative estimate of drug-likeness (QED) is 0.647. The number of carbonyl (C=O) groups excluding carboxylic acids is 1. The number of nitro benzene ring substituents is 1. The number of methoxy groups -OCH3 is 1. The van der Waals surface area contributed by atoms with Gasteiger partial charge in [-0.15, -0.1) is 0 Å². The fourth-order valence-corrected chi connectivity index (χ4v) is 2.04. The number of nitrogens with zero attached hydrogens (tertiary/aromatic N) is 2. The number of rotatable bonds is 5. The van der Waals surface area contributed by atoms with E-state index in [1.807, 2.05) is 6.92 Å². The predicted molar refractivity (Wildman–Crippen MR) is 78.9 cm³/mol. The van der Waals surface area contributed by atoms with Gasteiger partial charge in [0.05, 0.1) is 23.8 Å². The molecule has 1 heterocycles. The topological polar surface area (TPSA) is 110 Å². The van der Waals surface area contributed by atoms with Gasteiger partial charge in [0.2, 0.25) is 0 Å². The zero-order valence-electron chi connectivity index (χ0n) is 12.5. The number of aromatic nitrogens is 2. The molecule has 0 aliphatic carbocycles. The van der Waals surface area contributed by atoms with Gasteiger partial charge < -0.3 is 10.1 Å². The molecule has 0 unspecified atom stereocenters. The molecule has 2 N–H and O–H groups in total. The molecule has 1 amide bonds. The van der Waals surface area contributed by atoms with E-state index in [1.165, 1.54) is 19.2 Å². The molecule has 0 spiro atoms. The molecule has 2 aromatic rings. The highest BCUT2D eigenvalue weighted by atomic mass is 16.6. The molecule has 0 radical (unpaired) electrons. The number of aryl methyl sites for hydroxylation is 1. The van der Waals surface area contributed by atoms with Crippen molar-refractivity contribution in [3.05, 3.63) is 50.8 Å². The van der Waals surface area contributed by atoms with Crippen LogP contribution < -0.4 is 10.1 Å². The third-order valence-corrected chi connectivity index (χ3v) is 3.39. The Labute approximate surface area is 126 Å². The van der Waals surface area contributed by atoms with Gasteiger partial charge in [0.1, 0.15) is 5.75 Å². The number of H-pyrrole nitrogens is 1. The third-order valence-electron chi connectivity index (χ3n) is 3.39. The highest BCUT2D eigenvalue weighted by Crippen LogP contribution is 2.29. The van der Waals surface area contributed by atoms with Crippen LogP contribution in [0.3, 0.4) is 0 Å². The highest BCUT2D eigenvalue weighted by Gasteiger charge is 2.20. The normalized spacial score (nSPS) is 10.3. The average Bonchev–Trinajstić information content (AvgIpc) is 2.90. The summed E-state index contributed by atoms with van der Waals surface area (Å²) in [5.74, 6) is -0.110. The molecule has 0 aliphatic rings. The Morgan fingerprint density at radius 2 is 2.18 bits per heavy atom. The van der Waals surface area contributed by atoms with Crippen LogP contribution in [0.25, 0.3) is 0 Å². The van der Waals surface area contributed by atoms with Crippen molar-refractivity contribution in [3.63, 3.8) is 0 Å². The number of carbonyl (C=O) groups is 1. The molecule has 0 atom stereocenters. The number of aromatic amines is 1. The van der Waals surface area contributed by atoms with Crippen molar-refractivity contribution >= 4 is 11.6 Å². The molecule has 1 aromatic carbocycles. The Kier molecular flexibility index (Phi) is 4.40. The Morgan fingerprint density at radius 1 is 1.45 bits per heavy atom. The predicted octanol–water partition coefficient (Wildman–Crippen LogP) is 1.87. The van der Waals surface area contributed by atoms with Crippen molar-refractivity contribution in [1.82, 2.24) is 15.5 Å². The lowest BCUT2D eigenvalue weighted by Crippen LogP contribution is -2.23. The second-order valence-electron chi connectivity index (χ2n) is 4.78. The molecule has 1 aromatic heterocycles. The van der Waals surface area contributed by atoms with Gasteiger partial charge in [-0.05, 0) is 19.9 Å². The van der Waals surface area contributed by atoms with Gasteiger partial charge in [-0.3, -0.25) is 20.0 Å². The molecule has 0 saturated carbocycles. The lowest BCUT2D eigenvalue weighted by atomic mass is 10.1. The molecule has 0 bridgehead atoms. The summed E-state index contributed by atoms with van der Waals surface area (Å²) in [6.45, 7) is 3.70. The average molecular weight is 304 g/mol. The van der Waals surface area contributed by atoms with E-state index in [-0.39, 0.29) is 17.8 Å². The van der Waals surface area contributed by atoms with Gasteiger partial charge in [0, 0.05) is 29.4 Å². The lowest BCUT2D eigenvalue weighted by molar-refractivity contribution is -0.385. The molecule has 0 saturated heterocycles. The van der Waals surface area contributed by atoms with Crippen molar-refractivity contribution in [1.29, 1.82) is 0 Å². The number of nitrogens with one attached hydrogen (secondary N) is 2. The summed E-state index contributed by atoms with van der Waals surface area (Å²) in [5, 5.41) is 20.4. The number of benzene rings is 1. The van der Waals surface area contributed by atoms with Crippen molar-refractivity contribution in [2.75, 3.05) is 7.11 Å². The lowest BCUT2D eigenvalue weighted by Gasteiger charge is -2.09. The van der Waals surface area contributed by atoms with Gasteiger partial charge in [-0.25, -0.2) is 0 Å². The monoisotopic (exact) mass is 304 g/mol. The van der Waals surface area contributed by atoms with E-state index in [2.05, 4.69) is 15.5 Å². The van der Waals surface area contributed by atoms with E-state index >= 15 is 0 Å². The molecule has 8 nitrogen and oxygen atoms in total. The summed E-state index contributed by atoms with van der Waals surface area (Å²) in [6.07, 6.45) is 1.62. The Bertz CT molecular complexity index is 724. The third kappa shape index (κ3) is 3.05. The fraction of sp³-hybridized carbons (Fsp3) is 0.286. The number of ether oxygens (including phenoxy) is 1. The van der Waals surface area contributed by atoms with Crippen LogP contribution in [0.5, 0.6) is 5.75 Å². The molecule has 22 heavy (non-hydrogen) atoms. The number of amides is 1. The summed E-state index contributed by atoms with van der Waals surface area (Å²) >= 11 is 0. The van der Waals surface area contributed by atoms with Crippen LogP contribution >= 0.6 is 0 Å². The largest absolute Gasteiger partial charge is 0.496 e. The minimum absolute atomic E-state index is 0.149. The molecule has 116 valence electrons. The van der Waals surface area contributed by atoms with Gasteiger partial charge in [-0.1, -0.05) is 0 Å². The van der Waals surface area contributed by atoms with Crippen molar-refractivity contribution in [2.45, 2.75) is 20.4 Å². The zero-order chi connectivity index (χ0) is 16.3. The van der Waals surface area contributed by atoms with Gasteiger partial charge in [0.15, 0.2) is 0 Å². The summed E-state index contributed by atoms with van der Waals surface area (Å²) in [7, 11) is 1.41. The Hall–Kier alpha value is -2.90. The van der Waals surface area contributed by atoms with Crippen molar-refractivity contribution in [3.8, 4) is 5.75 Å². The minimum Gasteiger partial charge on any atom is -0.496 e. The molecule has 0 aliphatic heterocycles. The van der Waals surface area contributed by atoms with E-state index in [1.54, 1.807) is 13.1 Å². The minimum atomic E-state index is -0.533. The van der Waals surface area contributed by atoms with E-state index in [9.17, 15) is 14.9 Å². The van der Waals surface area contributed by atoms with Crippen LogP contribution in [0.2, 0.25) is 0 Å². The Balaban J connectivity index is 2.24. The van der Waals surface area contributed by atoms with Crippen LogP contribution in [-0.2, 0) is 6.54 Å². The first-order chi connectivity index (χ1) is 10.4. The number of hydrogen-bond donors (Lipinski definition) is 2. The van der Waals surface area contributed by atoms with E-state index in [0.29, 0.717) is 11.3 Å². The summed E-state index contributed by atoms with van der Waals surface area (Å²) < 4.78 is 5.10. The number of nitro groups is 1. The molecule has 0 fully saturated rings. The maximum Gasteiger partial charge on any atom is 0.276 e. The van der Waals surface area contributed by atoms with Gasteiger partial charge >= 0.3 is 0 Å². The maximum absolute atomic E-state index is 12.2. The summed E-state index contributed by atoms with van der Waals surface area (Å²) in [4.78, 5) is 22.7.